The van der Waals surface area contributed by atoms with Gasteiger partial charge in [-0.1, -0.05) is 35.9 Å². The van der Waals surface area contributed by atoms with E-state index >= 15 is 0 Å². The van der Waals surface area contributed by atoms with E-state index in [0.717, 1.165) is 5.56 Å². The molecule has 0 bridgehead atoms. The maximum atomic E-state index is 12.9. The van der Waals surface area contributed by atoms with E-state index < -0.39 is 15.9 Å². The SMILES string of the molecule is COc1ccc(S(=O)(=O)Nc2ccccc2C(=O)Nc2nc(-c3ccc(Cl)cc3)cs2)cc1. The summed E-state index contributed by atoms with van der Waals surface area (Å²) >= 11 is 7.19. The number of ether oxygens (including phenoxy) is 1. The van der Waals surface area contributed by atoms with E-state index in [9.17, 15) is 13.2 Å². The van der Waals surface area contributed by atoms with Crippen molar-refractivity contribution in [1.82, 2.24) is 4.98 Å². The van der Waals surface area contributed by atoms with Gasteiger partial charge in [-0.3, -0.25) is 14.8 Å². The average Bonchev–Trinajstić information content (AvgIpc) is 3.28. The van der Waals surface area contributed by atoms with Gasteiger partial charge in [-0.05, 0) is 48.5 Å². The summed E-state index contributed by atoms with van der Waals surface area (Å²) in [7, 11) is -2.41. The quantitative estimate of drug-likeness (QED) is 0.348. The molecule has 0 radical (unpaired) electrons. The Hall–Kier alpha value is -3.40. The lowest BCUT2D eigenvalue weighted by atomic mass is 10.2. The van der Waals surface area contributed by atoms with Crippen LogP contribution in [0.25, 0.3) is 11.3 Å². The zero-order chi connectivity index (χ0) is 23.4. The van der Waals surface area contributed by atoms with Gasteiger partial charge in [0.15, 0.2) is 5.13 Å². The van der Waals surface area contributed by atoms with Gasteiger partial charge in [0.25, 0.3) is 15.9 Å². The lowest BCUT2D eigenvalue weighted by molar-refractivity contribution is 0.102. The Bertz CT molecular complexity index is 1390. The zero-order valence-corrected chi connectivity index (χ0v) is 19.7. The summed E-state index contributed by atoms with van der Waals surface area (Å²) in [6.45, 7) is 0. The maximum Gasteiger partial charge on any atom is 0.261 e. The van der Waals surface area contributed by atoms with Gasteiger partial charge >= 0.3 is 0 Å². The Morgan fingerprint density at radius 2 is 1.70 bits per heavy atom. The summed E-state index contributed by atoms with van der Waals surface area (Å²) in [5, 5.41) is 5.56. The third kappa shape index (κ3) is 5.33. The first-order valence-corrected chi connectivity index (χ1v) is 12.4. The molecule has 0 saturated carbocycles. The standard InChI is InChI=1S/C23H18ClN3O4S2/c1-31-17-10-12-18(13-11-17)33(29,30)27-20-5-3-2-4-19(20)22(28)26-23-25-21(14-32-23)15-6-8-16(24)9-7-15/h2-14,27H,1H3,(H,25,26,28). The molecule has 2 N–H and O–H groups in total. The first-order valence-electron chi connectivity index (χ1n) is 9.64. The van der Waals surface area contributed by atoms with Gasteiger partial charge in [0, 0.05) is 16.0 Å². The maximum absolute atomic E-state index is 12.9. The molecule has 1 heterocycles. The van der Waals surface area contributed by atoms with Crippen molar-refractivity contribution < 1.29 is 17.9 Å². The second kappa shape index (κ2) is 9.62. The van der Waals surface area contributed by atoms with Crippen LogP contribution in [0.4, 0.5) is 10.8 Å². The van der Waals surface area contributed by atoms with Crippen molar-refractivity contribution in [1.29, 1.82) is 0 Å². The molecule has 168 valence electrons. The number of nitrogens with zero attached hydrogens (tertiary/aromatic N) is 1. The number of rotatable bonds is 7. The van der Waals surface area contributed by atoms with Crippen molar-refractivity contribution in [3.8, 4) is 17.0 Å². The van der Waals surface area contributed by atoms with Crippen LogP contribution in [0.1, 0.15) is 10.4 Å². The van der Waals surface area contributed by atoms with Gasteiger partial charge < -0.3 is 4.74 Å². The fraction of sp³-hybridized carbons (Fsp3) is 0.0435. The van der Waals surface area contributed by atoms with Crippen LogP contribution in [-0.4, -0.2) is 26.4 Å². The van der Waals surface area contributed by atoms with Crippen molar-refractivity contribution in [2.45, 2.75) is 4.90 Å². The van der Waals surface area contributed by atoms with Crippen LogP contribution in [0.2, 0.25) is 5.02 Å². The number of carbonyl (C=O) groups is 1. The van der Waals surface area contributed by atoms with Gasteiger partial charge in [-0.25, -0.2) is 13.4 Å². The number of anilines is 2. The minimum Gasteiger partial charge on any atom is -0.497 e. The molecule has 0 atom stereocenters. The number of benzene rings is 3. The van der Waals surface area contributed by atoms with Crippen LogP contribution >= 0.6 is 22.9 Å². The number of aromatic nitrogens is 1. The Labute approximate surface area is 200 Å². The fourth-order valence-electron chi connectivity index (χ4n) is 2.98. The molecule has 0 fully saturated rings. The number of nitrogens with one attached hydrogen (secondary N) is 2. The molecule has 0 aliphatic rings. The first-order chi connectivity index (χ1) is 15.9. The van der Waals surface area contributed by atoms with Crippen LogP contribution < -0.4 is 14.8 Å². The number of hydrogen-bond acceptors (Lipinski definition) is 6. The second-order valence-corrected chi connectivity index (χ2v) is 9.80. The van der Waals surface area contributed by atoms with Gasteiger partial charge in [0.1, 0.15) is 5.75 Å². The average molecular weight is 500 g/mol. The monoisotopic (exact) mass is 499 g/mol. The van der Waals surface area contributed by atoms with E-state index in [1.807, 2.05) is 17.5 Å². The number of thiazole rings is 1. The molecule has 0 spiro atoms. The third-order valence-electron chi connectivity index (χ3n) is 4.65. The highest BCUT2D eigenvalue weighted by Gasteiger charge is 2.19. The van der Waals surface area contributed by atoms with Crippen molar-refractivity contribution in [3.63, 3.8) is 0 Å². The highest BCUT2D eigenvalue weighted by molar-refractivity contribution is 7.92. The predicted octanol–water partition coefficient (Wildman–Crippen LogP) is 5.53. The smallest absolute Gasteiger partial charge is 0.261 e. The molecular formula is C23H18ClN3O4S2. The molecule has 1 amide bonds. The molecule has 4 rings (SSSR count). The number of halogens is 1. The van der Waals surface area contributed by atoms with Crippen LogP contribution in [0.5, 0.6) is 5.75 Å². The van der Waals surface area contributed by atoms with E-state index in [1.54, 1.807) is 36.4 Å². The summed E-state index contributed by atoms with van der Waals surface area (Å²) in [4.78, 5) is 17.4. The molecule has 4 aromatic rings. The molecule has 7 nitrogen and oxygen atoms in total. The summed E-state index contributed by atoms with van der Waals surface area (Å²) in [6, 6.07) is 19.5. The van der Waals surface area contributed by atoms with E-state index in [1.165, 1.54) is 42.7 Å². The largest absolute Gasteiger partial charge is 0.497 e. The molecule has 0 unspecified atom stereocenters. The van der Waals surface area contributed by atoms with Gasteiger partial charge in [-0.15, -0.1) is 11.3 Å². The third-order valence-corrected chi connectivity index (χ3v) is 7.04. The first kappa shape index (κ1) is 22.8. The number of amides is 1. The minimum absolute atomic E-state index is 0.0473. The predicted molar refractivity (Wildman–Crippen MR) is 131 cm³/mol. The van der Waals surface area contributed by atoms with Crippen molar-refractivity contribution in [2.24, 2.45) is 0 Å². The molecule has 0 aliphatic carbocycles. The second-order valence-electron chi connectivity index (χ2n) is 6.83. The molecular weight excluding hydrogens is 482 g/mol. The zero-order valence-electron chi connectivity index (χ0n) is 17.3. The Morgan fingerprint density at radius 1 is 1.00 bits per heavy atom. The Morgan fingerprint density at radius 3 is 2.39 bits per heavy atom. The molecule has 33 heavy (non-hydrogen) atoms. The number of sulfonamides is 1. The van der Waals surface area contributed by atoms with Crippen LogP contribution in [0.3, 0.4) is 0 Å². The van der Waals surface area contributed by atoms with Crippen LogP contribution in [0, 0.1) is 0 Å². The highest BCUT2D eigenvalue weighted by Crippen LogP contribution is 2.27. The van der Waals surface area contributed by atoms with E-state index in [0.29, 0.717) is 21.6 Å². The van der Waals surface area contributed by atoms with E-state index in [2.05, 4.69) is 15.0 Å². The Kier molecular flexibility index (Phi) is 6.64. The molecule has 0 aliphatic heterocycles. The number of carbonyl (C=O) groups excluding carboxylic acids is 1. The lowest BCUT2D eigenvalue weighted by Crippen LogP contribution is -2.18. The lowest BCUT2D eigenvalue weighted by Gasteiger charge is -2.12. The molecule has 0 saturated heterocycles. The summed E-state index contributed by atoms with van der Waals surface area (Å²) in [5.74, 6) is 0.0511. The van der Waals surface area contributed by atoms with Gasteiger partial charge in [0.05, 0.1) is 29.0 Å². The summed E-state index contributed by atoms with van der Waals surface area (Å²) < 4.78 is 33.2. The van der Waals surface area contributed by atoms with Crippen LogP contribution in [0.15, 0.2) is 83.1 Å². The topological polar surface area (TPSA) is 97.4 Å². The van der Waals surface area contributed by atoms with E-state index in [4.69, 9.17) is 16.3 Å². The molecule has 1 aromatic heterocycles. The van der Waals surface area contributed by atoms with Crippen molar-refractivity contribution in [3.05, 3.63) is 88.8 Å². The summed E-state index contributed by atoms with van der Waals surface area (Å²) in [5.41, 5.74) is 1.88. The van der Waals surface area contributed by atoms with Gasteiger partial charge in [0.2, 0.25) is 0 Å². The molecule has 10 heteroatoms. The van der Waals surface area contributed by atoms with Crippen LogP contribution in [-0.2, 0) is 10.0 Å². The van der Waals surface area contributed by atoms with Gasteiger partial charge in [-0.2, -0.15) is 0 Å². The number of methoxy groups -OCH3 is 1. The number of hydrogen-bond donors (Lipinski definition) is 2. The normalized spacial score (nSPS) is 11.1. The molecule has 3 aromatic carbocycles. The minimum atomic E-state index is -3.91. The highest BCUT2D eigenvalue weighted by atomic mass is 35.5. The van der Waals surface area contributed by atoms with Crippen molar-refractivity contribution >= 4 is 49.7 Å². The Balaban J connectivity index is 1.53. The number of para-hydroxylation sites is 1. The van der Waals surface area contributed by atoms with Crippen molar-refractivity contribution in [2.75, 3.05) is 17.1 Å². The fourth-order valence-corrected chi connectivity index (χ4v) is 4.90. The summed E-state index contributed by atoms with van der Waals surface area (Å²) in [6.07, 6.45) is 0. The van der Waals surface area contributed by atoms with E-state index in [-0.39, 0.29) is 16.1 Å².